The van der Waals surface area contributed by atoms with Crippen molar-refractivity contribution in [1.82, 2.24) is 10.3 Å². The van der Waals surface area contributed by atoms with Gasteiger partial charge in [0.15, 0.2) is 0 Å². The monoisotopic (exact) mass is 343 g/mol. The van der Waals surface area contributed by atoms with Gasteiger partial charge in [-0.25, -0.2) is 4.98 Å². The quantitative estimate of drug-likeness (QED) is 0.883. The van der Waals surface area contributed by atoms with Crippen molar-refractivity contribution in [1.29, 1.82) is 0 Å². The summed E-state index contributed by atoms with van der Waals surface area (Å²) in [5.74, 6) is -1.16. The summed E-state index contributed by atoms with van der Waals surface area (Å²) < 4.78 is 36.4. The molecule has 0 aromatic carbocycles. The molecule has 1 aromatic heterocycles. The number of amides is 2. The number of anilines is 1. The third-order valence-electron chi connectivity index (χ3n) is 5.01. The lowest BCUT2D eigenvalue weighted by molar-refractivity contribution is -0.123. The molecule has 0 unspecified atom stereocenters. The van der Waals surface area contributed by atoms with E-state index in [1.807, 2.05) is 27.7 Å². The van der Waals surface area contributed by atoms with Gasteiger partial charge >= 0.3 is 6.18 Å². The van der Waals surface area contributed by atoms with Gasteiger partial charge in [0, 0.05) is 17.7 Å². The first-order valence-electron chi connectivity index (χ1n) is 7.48. The van der Waals surface area contributed by atoms with Crippen LogP contribution in [0.25, 0.3) is 0 Å². The number of carbonyl (C=O) groups is 2. The van der Waals surface area contributed by atoms with Crippen LogP contribution in [0.5, 0.6) is 0 Å². The average Bonchev–Trinajstić information content (AvgIpc) is 2.85. The lowest BCUT2D eigenvalue weighted by Gasteiger charge is -2.10. The molecule has 132 valence electrons. The van der Waals surface area contributed by atoms with E-state index in [4.69, 9.17) is 0 Å². The second kappa shape index (κ2) is 5.75. The molecule has 0 radical (unpaired) electrons. The van der Waals surface area contributed by atoms with Crippen molar-refractivity contribution in [2.24, 2.45) is 16.7 Å². The van der Waals surface area contributed by atoms with E-state index in [0.29, 0.717) is 0 Å². The van der Waals surface area contributed by atoms with Crippen molar-refractivity contribution in [2.75, 3.05) is 11.9 Å². The molecule has 0 aliphatic heterocycles. The number of alkyl halides is 3. The number of aromatic nitrogens is 1. The zero-order valence-corrected chi connectivity index (χ0v) is 13.9. The van der Waals surface area contributed by atoms with Crippen molar-refractivity contribution in [2.45, 2.75) is 33.9 Å². The van der Waals surface area contributed by atoms with Crippen LogP contribution < -0.4 is 10.6 Å². The van der Waals surface area contributed by atoms with Gasteiger partial charge in [0.05, 0.1) is 0 Å². The van der Waals surface area contributed by atoms with Gasteiger partial charge in [0.2, 0.25) is 5.91 Å². The zero-order chi connectivity index (χ0) is 18.3. The molecule has 5 nitrogen and oxygen atoms in total. The lowest BCUT2D eigenvalue weighted by atomic mass is 10.0. The van der Waals surface area contributed by atoms with Crippen LogP contribution in [0.1, 0.15) is 38.1 Å². The Morgan fingerprint density at radius 3 is 2.29 bits per heavy atom. The molecule has 1 saturated carbocycles. The minimum absolute atomic E-state index is 0.00105. The Labute approximate surface area is 138 Å². The number of nitrogens with zero attached hydrogens (tertiary/aromatic N) is 1. The standard InChI is InChI=1S/C16H20F3N3O2/c1-14(2)11(15(14,3)4)13(24)22-10-7-9(5-6-20-10)12(23)21-8-16(17,18)19/h5-7,11H,8H2,1-4H3,(H,21,23)(H,20,22,24). The fourth-order valence-corrected chi connectivity index (χ4v) is 2.97. The maximum absolute atomic E-state index is 12.3. The first-order chi connectivity index (χ1) is 10.9. The highest BCUT2D eigenvalue weighted by atomic mass is 19.4. The van der Waals surface area contributed by atoms with E-state index < -0.39 is 18.6 Å². The van der Waals surface area contributed by atoms with Crippen LogP contribution in [-0.4, -0.2) is 29.5 Å². The van der Waals surface area contributed by atoms with Crippen LogP contribution in [0.3, 0.4) is 0 Å². The molecule has 0 atom stereocenters. The second-order valence-corrected chi connectivity index (χ2v) is 7.09. The highest BCUT2D eigenvalue weighted by Crippen LogP contribution is 2.68. The van der Waals surface area contributed by atoms with Crippen molar-refractivity contribution < 1.29 is 22.8 Å². The summed E-state index contributed by atoms with van der Waals surface area (Å²) in [6.07, 6.45) is -3.22. The summed E-state index contributed by atoms with van der Waals surface area (Å²) in [5.41, 5.74) is -0.309. The Kier molecular flexibility index (Phi) is 4.37. The smallest absolute Gasteiger partial charge is 0.343 e. The molecule has 8 heteroatoms. The van der Waals surface area contributed by atoms with Crippen molar-refractivity contribution in [3.63, 3.8) is 0 Å². The molecule has 24 heavy (non-hydrogen) atoms. The van der Waals surface area contributed by atoms with Gasteiger partial charge in [-0.05, 0) is 23.0 Å². The first kappa shape index (κ1) is 18.2. The third kappa shape index (κ3) is 3.52. The van der Waals surface area contributed by atoms with E-state index in [2.05, 4.69) is 10.3 Å². The van der Waals surface area contributed by atoms with Crippen molar-refractivity contribution >= 4 is 17.6 Å². The van der Waals surface area contributed by atoms with Crippen molar-refractivity contribution in [3.05, 3.63) is 23.9 Å². The maximum atomic E-state index is 12.3. The SMILES string of the molecule is CC1(C)C(C(=O)Nc2cc(C(=O)NCC(F)(F)F)ccn2)C1(C)C. The molecule has 1 aliphatic carbocycles. The fourth-order valence-electron chi connectivity index (χ4n) is 2.97. The molecule has 1 aliphatic rings. The van der Waals surface area contributed by atoms with Crippen LogP contribution in [0.4, 0.5) is 19.0 Å². The molecule has 2 amide bonds. The number of hydrogen-bond donors (Lipinski definition) is 2. The van der Waals surface area contributed by atoms with E-state index in [1.165, 1.54) is 18.3 Å². The molecular weight excluding hydrogens is 323 g/mol. The predicted octanol–water partition coefficient (Wildman–Crippen LogP) is 2.99. The molecule has 0 spiro atoms. The Hall–Kier alpha value is -2.12. The normalized spacial score (nSPS) is 18.8. The summed E-state index contributed by atoms with van der Waals surface area (Å²) in [4.78, 5) is 28.0. The highest BCUT2D eigenvalue weighted by Gasteiger charge is 2.68. The van der Waals surface area contributed by atoms with E-state index in [-0.39, 0.29) is 34.0 Å². The van der Waals surface area contributed by atoms with Crippen LogP contribution in [0, 0.1) is 16.7 Å². The van der Waals surface area contributed by atoms with Crippen LogP contribution in [-0.2, 0) is 4.79 Å². The molecule has 1 heterocycles. The third-order valence-corrected chi connectivity index (χ3v) is 5.01. The van der Waals surface area contributed by atoms with E-state index >= 15 is 0 Å². The minimum Gasteiger partial charge on any atom is -0.343 e. The lowest BCUT2D eigenvalue weighted by Crippen LogP contribution is -2.33. The Balaban J connectivity index is 2.03. The summed E-state index contributed by atoms with van der Waals surface area (Å²) in [6.45, 7) is 6.55. The summed E-state index contributed by atoms with van der Waals surface area (Å²) >= 11 is 0. The van der Waals surface area contributed by atoms with E-state index in [9.17, 15) is 22.8 Å². The van der Waals surface area contributed by atoms with E-state index in [0.717, 1.165) is 0 Å². The molecule has 2 N–H and O–H groups in total. The van der Waals surface area contributed by atoms with Gasteiger partial charge in [-0.15, -0.1) is 0 Å². The molecule has 2 rings (SSSR count). The number of carbonyl (C=O) groups excluding carboxylic acids is 2. The van der Waals surface area contributed by atoms with E-state index in [1.54, 1.807) is 5.32 Å². The summed E-state index contributed by atoms with van der Waals surface area (Å²) in [6, 6.07) is 2.54. The topological polar surface area (TPSA) is 71.1 Å². The van der Waals surface area contributed by atoms with Gasteiger partial charge in [-0.3, -0.25) is 9.59 Å². The van der Waals surface area contributed by atoms with Gasteiger partial charge in [-0.2, -0.15) is 13.2 Å². The molecule has 1 fully saturated rings. The summed E-state index contributed by atoms with van der Waals surface area (Å²) in [5, 5.41) is 4.41. The Morgan fingerprint density at radius 2 is 1.79 bits per heavy atom. The molecular formula is C16H20F3N3O2. The predicted molar refractivity (Wildman–Crippen MR) is 82.3 cm³/mol. The number of rotatable bonds is 4. The van der Waals surface area contributed by atoms with Crippen LogP contribution in [0.15, 0.2) is 18.3 Å². The van der Waals surface area contributed by atoms with Gasteiger partial charge in [0.25, 0.3) is 5.91 Å². The number of nitrogens with one attached hydrogen (secondary N) is 2. The van der Waals surface area contributed by atoms with Crippen LogP contribution in [0.2, 0.25) is 0 Å². The molecule has 1 aromatic rings. The largest absolute Gasteiger partial charge is 0.405 e. The van der Waals surface area contributed by atoms with Gasteiger partial charge in [-0.1, -0.05) is 27.7 Å². The minimum atomic E-state index is -4.48. The fraction of sp³-hybridized carbons (Fsp3) is 0.562. The maximum Gasteiger partial charge on any atom is 0.405 e. The van der Waals surface area contributed by atoms with Gasteiger partial charge < -0.3 is 10.6 Å². The van der Waals surface area contributed by atoms with Crippen LogP contribution >= 0.6 is 0 Å². The first-order valence-corrected chi connectivity index (χ1v) is 7.48. The summed E-state index contributed by atoms with van der Waals surface area (Å²) in [7, 11) is 0. The zero-order valence-electron chi connectivity index (χ0n) is 13.9. The number of pyridine rings is 1. The van der Waals surface area contributed by atoms with Gasteiger partial charge in [0.1, 0.15) is 12.4 Å². The Bertz CT molecular complexity index is 655. The average molecular weight is 343 g/mol. The van der Waals surface area contributed by atoms with Crippen molar-refractivity contribution in [3.8, 4) is 0 Å². The molecule has 0 bridgehead atoms. The molecule has 0 saturated heterocycles. The number of hydrogen-bond acceptors (Lipinski definition) is 3. The number of halogens is 3. The second-order valence-electron chi connectivity index (χ2n) is 7.09. The Morgan fingerprint density at radius 1 is 1.21 bits per heavy atom. The highest BCUT2D eigenvalue weighted by molar-refractivity contribution is 5.98.